The van der Waals surface area contributed by atoms with E-state index in [1.165, 1.54) is 34.9 Å². The fraction of sp³-hybridized carbons (Fsp3) is 0.190. The van der Waals surface area contributed by atoms with Crippen LogP contribution >= 0.6 is 11.6 Å². The molecule has 0 spiro atoms. The van der Waals surface area contributed by atoms with Crippen molar-refractivity contribution in [2.24, 2.45) is 0 Å². The van der Waals surface area contributed by atoms with Gasteiger partial charge in [-0.1, -0.05) is 55.8 Å². The molecule has 9 heteroatoms. The first kappa shape index (κ1) is 21.9. The fourth-order valence-electron chi connectivity index (χ4n) is 2.88. The van der Waals surface area contributed by atoms with Crippen LogP contribution < -0.4 is 5.32 Å². The van der Waals surface area contributed by atoms with Gasteiger partial charge in [0.15, 0.2) is 5.82 Å². The minimum atomic E-state index is -3.80. The first-order chi connectivity index (χ1) is 14.4. The number of halogens is 1. The van der Waals surface area contributed by atoms with Gasteiger partial charge in [-0.05, 0) is 18.2 Å². The number of aromatic nitrogens is 2. The lowest BCUT2D eigenvalue weighted by atomic mass is 10.2. The number of amides is 1. The van der Waals surface area contributed by atoms with Crippen molar-refractivity contribution in [1.82, 2.24) is 14.3 Å². The van der Waals surface area contributed by atoms with Gasteiger partial charge in [0.25, 0.3) is 5.91 Å². The van der Waals surface area contributed by atoms with Crippen LogP contribution in [0.1, 0.15) is 24.2 Å². The molecular formula is C21H21ClN4O3S. The number of benzene rings is 2. The lowest BCUT2D eigenvalue weighted by molar-refractivity contribution is 0.102. The molecule has 0 saturated carbocycles. The summed E-state index contributed by atoms with van der Waals surface area (Å²) in [7, 11) is -3.80. The average molecular weight is 445 g/mol. The summed E-state index contributed by atoms with van der Waals surface area (Å²) in [5, 5.41) is 2.74. The van der Waals surface area contributed by atoms with E-state index in [2.05, 4.69) is 15.3 Å². The molecule has 0 saturated heterocycles. The monoisotopic (exact) mass is 444 g/mol. The van der Waals surface area contributed by atoms with Crippen molar-refractivity contribution in [2.75, 3.05) is 18.4 Å². The number of nitrogens with one attached hydrogen (secondary N) is 1. The molecule has 0 atom stereocenters. The number of rotatable bonds is 7. The zero-order valence-corrected chi connectivity index (χ0v) is 18.1. The Morgan fingerprint density at radius 3 is 2.27 bits per heavy atom. The predicted molar refractivity (Wildman–Crippen MR) is 117 cm³/mol. The summed E-state index contributed by atoms with van der Waals surface area (Å²) in [5.41, 5.74) is 1.42. The minimum Gasteiger partial charge on any atom is -0.319 e. The van der Waals surface area contributed by atoms with Gasteiger partial charge >= 0.3 is 0 Å². The van der Waals surface area contributed by atoms with Gasteiger partial charge in [0.2, 0.25) is 10.0 Å². The van der Waals surface area contributed by atoms with E-state index < -0.39 is 15.9 Å². The van der Waals surface area contributed by atoms with Crippen LogP contribution in [0.2, 0.25) is 5.02 Å². The summed E-state index contributed by atoms with van der Waals surface area (Å²) in [6, 6.07) is 13.6. The summed E-state index contributed by atoms with van der Waals surface area (Å²) in [4.78, 5) is 21.1. The molecule has 0 aliphatic rings. The fourth-order valence-corrected chi connectivity index (χ4v) is 4.84. The zero-order valence-electron chi connectivity index (χ0n) is 16.5. The molecule has 2 aromatic carbocycles. The maximum atomic E-state index is 12.8. The van der Waals surface area contributed by atoms with Gasteiger partial charge in [-0.2, -0.15) is 4.31 Å². The number of anilines is 1. The van der Waals surface area contributed by atoms with Gasteiger partial charge in [0, 0.05) is 24.2 Å². The molecule has 3 rings (SSSR count). The van der Waals surface area contributed by atoms with E-state index in [9.17, 15) is 13.2 Å². The van der Waals surface area contributed by atoms with Crippen molar-refractivity contribution >= 4 is 33.2 Å². The second-order valence-electron chi connectivity index (χ2n) is 6.35. The Morgan fingerprint density at radius 2 is 1.67 bits per heavy atom. The van der Waals surface area contributed by atoms with Crippen LogP contribution in [0.15, 0.2) is 65.8 Å². The number of carbonyl (C=O) groups excluding carboxylic acids is 1. The van der Waals surface area contributed by atoms with Gasteiger partial charge in [-0.3, -0.25) is 4.79 Å². The largest absolute Gasteiger partial charge is 0.319 e. The Hall–Kier alpha value is -2.81. The summed E-state index contributed by atoms with van der Waals surface area (Å²) in [6.07, 6.45) is 2.99. The Balaban J connectivity index is 1.82. The third-order valence-corrected chi connectivity index (χ3v) is 6.99. The Kier molecular flexibility index (Phi) is 6.81. The highest BCUT2D eigenvalue weighted by Gasteiger charge is 2.25. The van der Waals surface area contributed by atoms with Crippen molar-refractivity contribution in [3.63, 3.8) is 0 Å². The second kappa shape index (κ2) is 9.34. The van der Waals surface area contributed by atoms with Crippen LogP contribution in [0.4, 0.5) is 5.69 Å². The van der Waals surface area contributed by atoms with Crippen LogP contribution in [0.25, 0.3) is 11.4 Å². The molecular weight excluding hydrogens is 424 g/mol. The molecule has 0 fully saturated rings. The van der Waals surface area contributed by atoms with Crippen LogP contribution in [0, 0.1) is 0 Å². The van der Waals surface area contributed by atoms with E-state index in [1.54, 1.807) is 13.8 Å². The molecule has 1 N–H and O–H groups in total. The van der Waals surface area contributed by atoms with E-state index in [-0.39, 0.29) is 15.5 Å². The van der Waals surface area contributed by atoms with E-state index in [1.807, 2.05) is 30.3 Å². The summed E-state index contributed by atoms with van der Waals surface area (Å²) in [5.74, 6) is 0.0476. The molecule has 0 bridgehead atoms. The van der Waals surface area contributed by atoms with Gasteiger partial charge in [0.05, 0.1) is 23.1 Å². The number of sulfonamides is 1. The zero-order chi connectivity index (χ0) is 21.7. The molecule has 1 amide bonds. The van der Waals surface area contributed by atoms with E-state index in [0.717, 1.165) is 5.56 Å². The molecule has 0 radical (unpaired) electrons. The van der Waals surface area contributed by atoms with Crippen LogP contribution in [0.3, 0.4) is 0 Å². The number of hydrogen-bond acceptors (Lipinski definition) is 5. The quantitative estimate of drug-likeness (QED) is 0.592. The van der Waals surface area contributed by atoms with E-state index in [0.29, 0.717) is 24.6 Å². The second-order valence-corrected chi connectivity index (χ2v) is 8.66. The highest BCUT2D eigenvalue weighted by Crippen LogP contribution is 2.26. The molecule has 0 aliphatic carbocycles. The predicted octanol–water partition coefficient (Wildman–Crippen LogP) is 4.08. The Labute approximate surface area is 180 Å². The lowest BCUT2D eigenvalue weighted by Crippen LogP contribution is -2.31. The van der Waals surface area contributed by atoms with Crippen molar-refractivity contribution in [3.05, 3.63) is 71.5 Å². The molecule has 3 aromatic rings. The highest BCUT2D eigenvalue weighted by atomic mass is 35.5. The standard InChI is InChI=1S/C21H21ClN4O3S/c1-3-26(4-2)30(28,29)19-12-16(10-11-18(19)22)21(27)25-17-13-23-20(24-14-17)15-8-6-5-7-9-15/h5-14H,3-4H2,1-2H3,(H,25,27). The molecule has 156 valence electrons. The smallest absolute Gasteiger partial charge is 0.255 e. The van der Waals surface area contributed by atoms with Gasteiger partial charge < -0.3 is 5.32 Å². The normalized spacial score (nSPS) is 11.5. The summed E-state index contributed by atoms with van der Waals surface area (Å²) >= 11 is 6.12. The number of carbonyl (C=O) groups is 1. The summed E-state index contributed by atoms with van der Waals surface area (Å²) in [6.45, 7) is 4.09. The third-order valence-electron chi connectivity index (χ3n) is 4.46. The topological polar surface area (TPSA) is 92.3 Å². The van der Waals surface area contributed by atoms with Gasteiger partial charge in [-0.25, -0.2) is 18.4 Å². The van der Waals surface area contributed by atoms with Crippen molar-refractivity contribution < 1.29 is 13.2 Å². The average Bonchev–Trinajstić information content (AvgIpc) is 2.75. The Bertz CT molecular complexity index is 1130. The third kappa shape index (κ3) is 4.67. The number of hydrogen-bond donors (Lipinski definition) is 1. The highest BCUT2D eigenvalue weighted by molar-refractivity contribution is 7.89. The summed E-state index contributed by atoms with van der Waals surface area (Å²) < 4.78 is 26.9. The molecule has 30 heavy (non-hydrogen) atoms. The molecule has 0 aliphatic heterocycles. The lowest BCUT2D eigenvalue weighted by Gasteiger charge is -2.19. The maximum absolute atomic E-state index is 12.8. The van der Waals surface area contributed by atoms with E-state index >= 15 is 0 Å². The van der Waals surface area contributed by atoms with Crippen LogP contribution in [0.5, 0.6) is 0 Å². The van der Waals surface area contributed by atoms with E-state index in [4.69, 9.17) is 11.6 Å². The van der Waals surface area contributed by atoms with Crippen LogP contribution in [-0.4, -0.2) is 41.7 Å². The SMILES string of the molecule is CCN(CC)S(=O)(=O)c1cc(C(=O)Nc2cnc(-c3ccccc3)nc2)ccc1Cl. The molecule has 7 nitrogen and oxygen atoms in total. The first-order valence-electron chi connectivity index (χ1n) is 9.35. The van der Waals surface area contributed by atoms with Crippen molar-refractivity contribution in [2.45, 2.75) is 18.7 Å². The van der Waals surface area contributed by atoms with Gasteiger partial charge in [0.1, 0.15) is 4.90 Å². The number of nitrogens with zero attached hydrogens (tertiary/aromatic N) is 3. The maximum Gasteiger partial charge on any atom is 0.255 e. The van der Waals surface area contributed by atoms with Crippen molar-refractivity contribution in [3.8, 4) is 11.4 Å². The first-order valence-corrected chi connectivity index (χ1v) is 11.2. The molecule has 1 aromatic heterocycles. The molecule has 1 heterocycles. The van der Waals surface area contributed by atoms with Gasteiger partial charge in [-0.15, -0.1) is 0 Å². The molecule has 0 unspecified atom stereocenters. The Morgan fingerprint density at radius 1 is 1.03 bits per heavy atom. The van der Waals surface area contributed by atoms with Crippen LogP contribution in [-0.2, 0) is 10.0 Å². The van der Waals surface area contributed by atoms with Crippen molar-refractivity contribution in [1.29, 1.82) is 0 Å². The minimum absolute atomic E-state index is 0.0639.